The van der Waals surface area contributed by atoms with Crippen molar-refractivity contribution in [1.82, 2.24) is 10.4 Å². The maximum atomic E-state index is 5.21. The topological polar surface area (TPSA) is 75.3 Å². The zero-order valence-corrected chi connectivity index (χ0v) is 9.92. The number of hydrogen-bond donors (Lipinski definition) is 3. The van der Waals surface area contributed by atoms with Gasteiger partial charge in [0.05, 0.1) is 23.8 Å². The fraction of sp³-hybridized carbons (Fsp3) is 0.300. The van der Waals surface area contributed by atoms with E-state index in [1.807, 2.05) is 12.1 Å². The first kappa shape index (κ1) is 12.4. The highest BCUT2D eigenvalue weighted by Crippen LogP contribution is 2.04. The van der Waals surface area contributed by atoms with Crippen LogP contribution in [-0.4, -0.2) is 22.9 Å². The zero-order chi connectivity index (χ0) is 11.8. The van der Waals surface area contributed by atoms with Crippen LogP contribution in [0.15, 0.2) is 23.4 Å². The maximum absolute atomic E-state index is 5.21. The normalized spacial score (nSPS) is 10.3. The van der Waals surface area contributed by atoms with Crippen molar-refractivity contribution in [2.75, 3.05) is 11.9 Å². The molecule has 1 heterocycles. The molecule has 0 bridgehead atoms. The Morgan fingerprint density at radius 2 is 2.44 bits per heavy atom. The van der Waals surface area contributed by atoms with Gasteiger partial charge in [0, 0.05) is 6.54 Å². The van der Waals surface area contributed by atoms with Crippen molar-refractivity contribution in [2.24, 2.45) is 10.8 Å². The molecule has 86 valence electrons. The number of hydrogen-bond acceptors (Lipinski definition) is 4. The van der Waals surface area contributed by atoms with Gasteiger partial charge < -0.3 is 11.1 Å². The summed E-state index contributed by atoms with van der Waals surface area (Å²) in [7, 11) is 0. The Morgan fingerprint density at radius 1 is 1.62 bits per heavy atom. The van der Waals surface area contributed by atoms with E-state index in [2.05, 4.69) is 40.0 Å². The third kappa shape index (κ3) is 4.70. The summed E-state index contributed by atoms with van der Waals surface area (Å²) < 4.78 is 0. The van der Waals surface area contributed by atoms with Gasteiger partial charge in [-0.2, -0.15) is 5.10 Å². The minimum atomic E-state index is 0.137. The lowest BCUT2D eigenvalue weighted by atomic mass is 10.3. The number of pyridine rings is 1. The van der Waals surface area contributed by atoms with Crippen molar-refractivity contribution in [2.45, 2.75) is 13.3 Å². The van der Waals surface area contributed by atoms with Crippen LogP contribution in [0.2, 0.25) is 0 Å². The van der Waals surface area contributed by atoms with Gasteiger partial charge in [0.15, 0.2) is 5.11 Å². The SMILES string of the molecule is CCCNc1ccc(/C=N/NC(N)=S)nc1. The molecular formula is C10H15N5S. The summed E-state index contributed by atoms with van der Waals surface area (Å²) in [4.78, 5) is 4.19. The summed E-state index contributed by atoms with van der Waals surface area (Å²) in [6.07, 6.45) is 4.40. The lowest BCUT2D eigenvalue weighted by Crippen LogP contribution is -2.24. The highest BCUT2D eigenvalue weighted by atomic mass is 32.1. The molecule has 1 rings (SSSR count). The third-order valence-electron chi connectivity index (χ3n) is 1.74. The average Bonchev–Trinajstić information content (AvgIpc) is 2.27. The Kier molecular flexibility index (Phi) is 5.21. The van der Waals surface area contributed by atoms with Gasteiger partial charge in [-0.3, -0.25) is 10.4 Å². The Balaban J connectivity index is 2.50. The number of aromatic nitrogens is 1. The lowest BCUT2D eigenvalue weighted by Gasteiger charge is -2.03. The van der Waals surface area contributed by atoms with Crippen LogP contribution in [0.3, 0.4) is 0 Å². The van der Waals surface area contributed by atoms with E-state index >= 15 is 0 Å². The summed E-state index contributed by atoms with van der Waals surface area (Å²) >= 11 is 4.60. The van der Waals surface area contributed by atoms with Crippen LogP contribution in [0.4, 0.5) is 5.69 Å². The highest BCUT2D eigenvalue weighted by Gasteiger charge is 1.92. The second kappa shape index (κ2) is 6.73. The highest BCUT2D eigenvalue weighted by molar-refractivity contribution is 7.80. The first-order valence-electron chi connectivity index (χ1n) is 5.01. The van der Waals surface area contributed by atoms with E-state index in [0.29, 0.717) is 0 Å². The van der Waals surface area contributed by atoms with Crippen LogP contribution in [0.1, 0.15) is 19.0 Å². The number of hydrazone groups is 1. The molecule has 0 spiro atoms. The number of thiocarbonyl (C=S) groups is 1. The number of rotatable bonds is 5. The molecule has 6 heteroatoms. The number of anilines is 1. The van der Waals surface area contributed by atoms with Gasteiger partial charge in [-0.25, -0.2) is 0 Å². The standard InChI is InChI=1S/C10H15N5S/c1-2-5-12-8-3-4-9(13-6-8)7-14-15-10(11)16/h3-4,6-7,12H,2,5H2,1H3,(H3,11,15,16)/b14-7+. The second-order valence-corrected chi connectivity index (χ2v) is 3.57. The second-order valence-electron chi connectivity index (χ2n) is 3.13. The van der Waals surface area contributed by atoms with Crippen molar-refractivity contribution >= 4 is 29.2 Å². The predicted octanol–water partition coefficient (Wildman–Crippen LogP) is 1.07. The van der Waals surface area contributed by atoms with Gasteiger partial charge >= 0.3 is 0 Å². The van der Waals surface area contributed by atoms with Gasteiger partial charge in [-0.1, -0.05) is 6.92 Å². The van der Waals surface area contributed by atoms with Crippen molar-refractivity contribution in [3.05, 3.63) is 24.0 Å². The molecule has 1 aromatic heterocycles. The molecule has 16 heavy (non-hydrogen) atoms. The van der Waals surface area contributed by atoms with Crippen molar-refractivity contribution < 1.29 is 0 Å². The first-order valence-corrected chi connectivity index (χ1v) is 5.41. The number of nitrogens with zero attached hydrogens (tertiary/aromatic N) is 2. The van der Waals surface area contributed by atoms with Crippen LogP contribution in [0.5, 0.6) is 0 Å². The molecule has 0 saturated carbocycles. The van der Waals surface area contributed by atoms with Gasteiger partial charge in [-0.15, -0.1) is 0 Å². The average molecular weight is 237 g/mol. The first-order chi connectivity index (χ1) is 7.72. The van der Waals surface area contributed by atoms with E-state index in [4.69, 9.17) is 5.73 Å². The molecule has 0 radical (unpaired) electrons. The third-order valence-corrected chi connectivity index (χ3v) is 1.83. The van der Waals surface area contributed by atoms with Crippen molar-refractivity contribution in [3.63, 3.8) is 0 Å². The summed E-state index contributed by atoms with van der Waals surface area (Å²) in [5.41, 5.74) is 9.42. The minimum absolute atomic E-state index is 0.137. The largest absolute Gasteiger partial charge is 0.384 e. The molecular weight excluding hydrogens is 222 g/mol. The molecule has 0 aliphatic heterocycles. The van der Waals surface area contributed by atoms with Crippen LogP contribution in [0, 0.1) is 0 Å². The van der Waals surface area contributed by atoms with E-state index in [0.717, 1.165) is 24.3 Å². The van der Waals surface area contributed by atoms with Gasteiger partial charge in [0.2, 0.25) is 0 Å². The molecule has 1 aromatic rings. The van der Waals surface area contributed by atoms with Crippen molar-refractivity contribution in [3.8, 4) is 0 Å². The molecule has 0 aliphatic carbocycles. The van der Waals surface area contributed by atoms with Crippen LogP contribution < -0.4 is 16.5 Å². The molecule has 0 saturated heterocycles. The minimum Gasteiger partial charge on any atom is -0.384 e. The Morgan fingerprint density at radius 3 is 3.00 bits per heavy atom. The van der Waals surface area contributed by atoms with Gasteiger partial charge in [0.1, 0.15) is 0 Å². The van der Waals surface area contributed by atoms with Crippen LogP contribution in [0.25, 0.3) is 0 Å². The lowest BCUT2D eigenvalue weighted by molar-refractivity contribution is 0.977. The van der Waals surface area contributed by atoms with E-state index in [1.165, 1.54) is 0 Å². The maximum Gasteiger partial charge on any atom is 0.184 e. The van der Waals surface area contributed by atoms with Gasteiger partial charge in [-0.05, 0) is 30.8 Å². The molecule has 4 N–H and O–H groups in total. The number of nitrogens with one attached hydrogen (secondary N) is 2. The fourth-order valence-corrected chi connectivity index (χ4v) is 1.07. The summed E-state index contributed by atoms with van der Waals surface area (Å²) in [5.74, 6) is 0. The Labute approximate surface area is 100 Å². The quantitative estimate of drug-likeness (QED) is 0.406. The molecule has 0 aromatic carbocycles. The van der Waals surface area contributed by atoms with Crippen molar-refractivity contribution in [1.29, 1.82) is 0 Å². The Hall–Kier alpha value is -1.69. The molecule has 0 aliphatic rings. The summed E-state index contributed by atoms with van der Waals surface area (Å²) in [6.45, 7) is 3.06. The van der Waals surface area contributed by atoms with E-state index in [-0.39, 0.29) is 5.11 Å². The number of nitrogens with two attached hydrogens (primary N) is 1. The molecule has 0 atom stereocenters. The van der Waals surface area contributed by atoms with E-state index in [1.54, 1.807) is 12.4 Å². The Bertz CT molecular complexity index is 360. The molecule has 5 nitrogen and oxygen atoms in total. The molecule has 0 fully saturated rings. The molecule has 0 unspecified atom stereocenters. The monoisotopic (exact) mass is 237 g/mol. The summed E-state index contributed by atoms with van der Waals surface area (Å²) in [6, 6.07) is 3.81. The van der Waals surface area contributed by atoms with Crippen LogP contribution >= 0.6 is 12.2 Å². The molecule has 0 amide bonds. The smallest absolute Gasteiger partial charge is 0.184 e. The summed E-state index contributed by atoms with van der Waals surface area (Å²) in [5, 5.41) is 7.18. The predicted molar refractivity (Wildman–Crippen MR) is 70.5 cm³/mol. The van der Waals surface area contributed by atoms with Crippen LogP contribution in [-0.2, 0) is 0 Å². The fourth-order valence-electron chi connectivity index (χ4n) is 1.02. The van der Waals surface area contributed by atoms with E-state index in [9.17, 15) is 0 Å². The van der Waals surface area contributed by atoms with Gasteiger partial charge in [0.25, 0.3) is 0 Å². The van der Waals surface area contributed by atoms with E-state index < -0.39 is 0 Å². The zero-order valence-electron chi connectivity index (χ0n) is 9.10.